The summed E-state index contributed by atoms with van der Waals surface area (Å²) < 4.78 is 46.5. The summed E-state index contributed by atoms with van der Waals surface area (Å²) in [5, 5.41) is 20.1. The van der Waals surface area contributed by atoms with E-state index in [4.69, 9.17) is 4.74 Å². The Balaban J connectivity index is 1.29. The van der Waals surface area contributed by atoms with E-state index < -0.39 is 47.5 Å². The van der Waals surface area contributed by atoms with Crippen molar-refractivity contribution in [3.8, 4) is 5.75 Å². The molecule has 252 valence electrons. The average Bonchev–Trinajstić information content (AvgIpc) is 3.90. The average molecular weight is 664 g/mol. The van der Waals surface area contributed by atoms with E-state index in [0.29, 0.717) is 36.6 Å². The minimum absolute atomic E-state index is 0.0000475. The molecule has 6 rings (SSSR count). The van der Waals surface area contributed by atoms with Gasteiger partial charge >= 0.3 is 12.2 Å². The van der Waals surface area contributed by atoms with Crippen molar-refractivity contribution in [1.82, 2.24) is 14.7 Å². The Kier molecular flexibility index (Phi) is 9.34. The summed E-state index contributed by atoms with van der Waals surface area (Å²) in [5.74, 6) is -4.60. The van der Waals surface area contributed by atoms with Crippen LogP contribution in [0.15, 0.2) is 66.2 Å². The minimum atomic E-state index is -1.37. The van der Waals surface area contributed by atoms with Crippen LogP contribution in [0.3, 0.4) is 0 Å². The molecule has 1 saturated heterocycles. The number of fused-ring (bicyclic) bond motifs is 2. The van der Waals surface area contributed by atoms with Crippen molar-refractivity contribution in [2.45, 2.75) is 63.7 Å². The Bertz CT molecular complexity index is 1760. The maximum Gasteiger partial charge on any atom is 0.408 e. The molecule has 3 aliphatic rings. The molecule has 0 radical (unpaired) electrons. The summed E-state index contributed by atoms with van der Waals surface area (Å²) in [6, 6.07) is 15.1. The van der Waals surface area contributed by atoms with Crippen molar-refractivity contribution in [3.63, 3.8) is 0 Å². The summed E-state index contributed by atoms with van der Waals surface area (Å²) in [6.45, 7) is 2.11. The number of halogens is 3. The van der Waals surface area contributed by atoms with Gasteiger partial charge in [0, 0.05) is 31.2 Å². The van der Waals surface area contributed by atoms with Crippen LogP contribution < -0.4 is 4.74 Å². The van der Waals surface area contributed by atoms with Crippen LogP contribution in [-0.2, 0) is 17.8 Å². The third-order valence-corrected chi connectivity index (χ3v) is 9.38. The second-order valence-corrected chi connectivity index (χ2v) is 12.6. The monoisotopic (exact) mass is 663 g/mol. The molecule has 0 aromatic heterocycles. The number of nitrogens with zero attached hydrogens (tertiary/aromatic N) is 3. The second kappa shape index (κ2) is 13.6. The first-order chi connectivity index (χ1) is 23.0. The van der Waals surface area contributed by atoms with Crippen LogP contribution in [0, 0.1) is 24.4 Å². The lowest BCUT2D eigenvalue weighted by Gasteiger charge is -2.49. The molecule has 3 amide bonds. The van der Waals surface area contributed by atoms with Gasteiger partial charge in [0.15, 0.2) is 17.4 Å². The van der Waals surface area contributed by atoms with Crippen molar-refractivity contribution >= 4 is 23.7 Å². The largest absolute Gasteiger partial charge is 0.488 e. The molecule has 3 aromatic carbocycles. The number of carbonyl (C=O) groups is 3. The Morgan fingerprint density at radius 1 is 0.917 bits per heavy atom. The van der Waals surface area contributed by atoms with Gasteiger partial charge in [0.25, 0.3) is 5.91 Å². The molecular weight excluding hydrogens is 627 g/mol. The van der Waals surface area contributed by atoms with Gasteiger partial charge < -0.3 is 24.7 Å². The lowest BCUT2D eigenvalue weighted by molar-refractivity contribution is -0.129. The lowest BCUT2D eigenvalue weighted by atomic mass is 9.81. The Morgan fingerprint density at radius 2 is 1.62 bits per heavy atom. The Labute approximate surface area is 275 Å². The van der Waals surface area contributed by atoms with Crippen molar-refractivity contribution in [3.05, 3.63) is 106 Å². The van der Waals surface area contributed by atoms with Crippen molar-refractivity contribution in [2.24, 2.45) is 0 Å². The van der Waals surface area contributed by atoms with Crippen LogP contribution in [0.1, 0.15) is 47.9 Å². The molecule has 2 N–H and O–H groups in total. The van der Waals surface area contributed by atoms with E-state index in [1.54, 1.807) is 4.90 Å². The van der Waals surface area contributed by atoms with Gasteiger partial charge in [-0.1, -0.05) is 48.5 Å². The van der Waals surface area contributed by atoms with E-state index in [9.17, 15) is 37.8 Å². The molecule has 2 atom stereocenters. The van der Waals surface area contributed by atoms with Gasteiger partial charge in [0.1, 0.15) is 0 Å². The molecule has 1 saturated carbocycles. The van der Waals surface area contributed by atoms with Gasteiger partial charge in [0.2, 0.25) is 5.82 Å². The van der Waals surface area contributed by atoms with E-state index in [0.717, 1.165) is 41.2 Å². The van der Waals surface area contributed by atoms with Gasteiger partial charge in [-0.2, -0.15) is 4.39 Å². The molecule has 9 nitrogen and oxygen atoms in total. The maximum absolute atomic E-state index is 14.6. The van der Waals surface area contributed by atoms with Gasteiger partial charge in [-0.25, -0.2) is 18.4 Å². The molecule has 12 heteroatoms. The zero-order valence-electron chi connectivity index (χ0n) is 26.4. The molecule has 0 unspecified atom stereocenters. The third-order valence-electron chi connectivity index (χ3n) is 9.38. The van der Waals surface area contributed by atoms with E-state index in [1.165, 1.54) is 9.80 Å². The molecule has 48 heavy (non-hydrogen) atoms. The fourth-order valence-electron chi connectivity index (χ4n) is 6.74. The smallest absolute Gasteiger partial charge is 0.408 e. The highest BCUT2D eigenvalue weighted by molar-refractivity contribution is 6.04. The molecular formula is C36H36F3N3O6. The van der Waals surface area contributed by atoms with Crippen LogP contribution in [0.25, 0.3) is 5.57 Å². The molecule has 2 aliphatic heterocycles. The fraction of sp³-hybridized carbons (Fsp3) is 0.361. The number of piperazine rings is 1. The van der Waals surface area contributed by atoms with E-state index in [1.807, 2.05) is 55.5 Å². The third kappa shape index (κ3) is 6.69. The minimum Gasteiger partial charge on any atom is -0.488 e. The first-order valence-corrected chi connectivity index (χ1v) is 16.0. The number of carbonyl (C=O) groups excluding carboxylic acids is 1. The Morgan fingerprint density at radius 3 is 2.29 bits per heavy atom. The van der Waals surface area contributed by atoms with Crippen molar-refractivity contribution in [1.29, 1.82) is 0 Å². The summed E-state index contributed by atoms with van der Waals surface area (Å²) in [7, 11) is 0. The molecule has 2 fully saturated rings. The van der Waals surface area contributed by atoms with Crippen LogP contribution in [0.4, 0.5) is 22.8 Å². The highest BCUT2D eigenvalue weighted by Gasteiger charge is 2.49. The lowest BCUT2D eigenvalue weighted by Crippen LogP contribution is -2.65. The zero-order valence-corrected chi connectivity index (χ0v) is 26.4. The van der Waals surface area contributed by atoms with Crippen LogP contribution in [0.5, 0.6) is 5.75 Å². The highest BCUT2D eigenvalue weighted by Crippen LogP contribution is 2.41. The second-order valence-electron chi connectivity index (χ2n) is 12.6. The molecule has 3 aromatic rings. The van der Waals surface area contributed by atoms with Crippen LogP contribution >= 0.6 is 0 Å². The standard InChI is InChI=1S/C36H36F3N3O6/c1-21-5-2-3-7-24(21)18-41(25-12-13-25)34(43)31-27(17-26-19-40(35(44)45)20-30(31)42(26)36(46)47)23-10-8-22(9-11-23)6-4-16-48-33-29(38)15-14-28(37)32(33)39/h2-3,5,7-11,14-15,25-26,30H,4,6,12-13,16-20H2,1H3,(H,44,45)(H,46,47)/t26-,30-/m1/s1. The van der Waals surface area contributed by atoms with Gasteiger partial charge in [-0.15, -0.1) is 0 Å². The maximum atomic E-state index is 14.6. The number of ether oxygens (including phenoxy) is 1. The number of hydrogen-bond acceptors (Lipinski definition) is 4. The predicted octanol–water partition coefficient (Wildman–Crippen LogP) is 6.48. The molecule has 2 heterocycles. The zero-order chi connectivity index (χ0) is 34.1. The normalized spacial score (nSPS) is 18.9. The van der Waals surface area contributed by atoms with E-state index in [2.05, 4.69) is 0 Å². The SMILES string of the molecule is Cc1ccccc1CN(C(=O)C1=C(c2ccc(CCCOc3c(F)ccc(F)c3F)cc2)C[C@@H]2CN(C(=O)O)C[C@H]1N2C(=O)O)C1CC1. The molecule has 2 bridgehead atoms. The molecule has 1 aliphatic carbocycles. The quantitative estimate of drug-likeness (QED) is 0.190. The summed E-state index contributed by atoms with van der Waals surface area (Å²) >= 11 is 0. The molecule has 0 spiro atoms. The highest BCUT2D eigenvalue weighted by atomic mass is 19.2. The Hall–Kier alpha value is -5.00. The summed E-state index contributed by atoms with van der Waals surface area (Å²) in [4.78, 5) is 43.5. The topological polar surface area (TPSA) is 111 Å². The summed E-state index contributed by atoms with van der Waals surface area (Å²) in [6.07, 6.45) is 0.324. The number of rotatable bonds is 10. The van der Waals surface area contributed by atoms with Gasteiger partial charge in [-0.3, -0.25) is 9.69 Å². The van der Waals surface area contributed by atoms with Gasteiger partial charge in [-0.05, 0) is 79.0 Å². The first-order valence-electron chi connectivity index (χ1n) is 16.0. The van der Waals surface area contributed by atoms with Crippen molar-refractivity contribution in [2.75, 3.05) is 19.7 Å². The number of hydrogen-bond donors (Lipinski definition) is 2. The van der Waals surface area contributed by atoms with Crippen LogP contribution in [-0.4, -0.2) is 80.8 Å². The fourth-order valence-corrected chi connectivity index (χ4v) is 6.74. The van der Waals surface area contributed by atoms with Gasteiger partial charge in [0.05, 0.1) is 18.7 Å². The number of aryl methyl sites for hydroxylation is 2. The van der Waals surface area contributed by atoms with Crippen LogP contribution in [0.2, 0.25) is 0 Å². The predicted molar refractivity (Wildman–Crippen MR) is 170 cm³/mol. The first kappa shape index (κ1) is 32.9. The van der Waals surface area contributed by atoms with E-state index >= 15 is 0 Å². The van der Waals surface area contributed by atoms with Crippen molar-refractivity contribution < 1.29 is 42.5 Å². The number of benzene rings is 3. The number of amides is 3. The summed E-state index contributed by atoms with van der Waals surface area (Å²) in [5.41, 5.74) is 4.62. The van der Waals surface area contributed by atoms with E-state index in [-0.39, 0.29) is 38.1 Å². The number of carboxylic acid groups (broad SMARTS) is 2.